The highest BCUT2D eigenvalue weighted by atomic mass is 32.1. The maximum atomic E-state index is 13.6. The summed E-state index contributed by atoms with van der Waals surface area (Å²) >= 11 is 1.48. The van der Waals surface area contributed by atoms with Crippen molar-refractivity contribution in [3.63, 3.8) is 0 Å². The summed E-state index contributed by atoms with van der Waals surface area (Å²) in [5.74, 6) is -0.263. The lowest BCUT2D eigenvalue weighted by atomic mass is 10.1. The molecule has 1 N–H and O–H groups in total. The van der Waals surface area contributed by atoms with Crippen LogP contribution in [-0.4, -0.2) is 17.9 Å². The Kier molecular flexibility index (Phi) is 6.04. The molecule has 0 aliphatic heterocycles. The van der Waals surface area contributed by atoms with E-state index in [4.69, 9.17) is 4.42 Å². The minimum Gasteiger partial charge on any atom is -0.459 e. The third-order valence-electron chi connectivity index (χ3n) is 5.58. The molecular formula is C24H26N2O3S. The highest BCUT2D eigenvalue weighted by molar-refractivity contribution is 7.10. The number of nitrogens with zero attached hydrogens (tertiary/aromatic N) is 1. The molecule has 2 aromatic heterocycles. The molecule has 1 aromatic carbocycles. The predicted octanol–water partition coefficient (Wildman–Crippen LogP) is 5.40. The van der Waals surface area contributed by atoms with E-state index >= 15 is 0 Å². The lowest BCUT2D eigenvalue weighted by molar-refractivity contribution is -0.123. The zero-order chi connectivity index (χ0) is 21.1. The first-order valence-electron chi connectivity index (χ1n) is 10.3. The van der Waals surface area contributed by atoms with Crippen molar-refractivity contribution in [2.24, 2.45) is 0 Å². The topological polar surface area (TPSA) is 62.6 Å². The van der Waals surface area contributed by atoms with Gasteiger partial charge in [0.15, 0.2) is 11.8 Å². The van der Waals surface area contributed by atoms with Crippen molar-refractivity contribution in [1.29, 1.82) is 0 Å². The zero-order valence-corrected chi connectivity index (χ0v) is 18.1. The number of aryl methyl sites for hydroxylation is 2. The van der Waals surface area contributed by atoms with Gasteiger partial charge in [0, 0.05) is 16.6 Å². The van der Waals surface area contributed by atoms with Gasteiger partial charge in [0.1, 0.15) is 0 Å². The molecule has 0 spiro atoms. The summed E-state index contributed by atoms with van der Waals surface area (Å²) in [6, 6.07) is 12.5. The Hall–Kier alpha value is -2.86. The van der Waals surface area contributed by atoms with E-state index in [0.29, 0.717) is 5.69 Å². The lowest BCUT2D eigenvalue weighted by Gasteiger charge is -2.32. The van der Waals surface area contributed by atoms with Crippen LogP contribution >= 0.6 is 11.3 Å². The molecular weight excluding hydrogens is 396 g/mol. The molecule has 1 aliphatic rings. The molecule has 4 rings (SSSR count). The van der Waals surface area contributed by atoms with Gasteiger partial charge >= 0.3 is 0 Å². The van der Waals surface area contributed by atoms with Gasteiger partial charge in [-0.2, -0.15) is 0 Å². The Morgan fingerprint density at radius 2 is 1.93 bits per heavy atom. The fourth-order valence-electron chi connectivity index (χ4n) is 4.13. The van der Waals surface area contributed by atoms with E-state index in [-0.39, 0.29) is 23.6 Å². The molecule has 1 saturated carbocycles. The zero-order valence-electron chi connectivity index (χ0n) is 17.3. The minimum atomic E-state index is -0.760. The summed E-state index contributed by atoms with van der Waals surface area (Å²) in [6.07, 6.45) is 5.70. The first kappa shape index (κ1) is 20.4. The van der Waals surface area contributed by atoms with E-state index in [9.17, 15) is 9.59 Å². The standard InChI is InChI=1S/C24H26N2O3S/c1-16-11-12-19(17(2)15-16)26(24(28)20-9-5-13-29-20)22(21-10-6-14-30-21)23(27)25-18-7-3-4-8-18/h5-6,9-15,18,22H,3-4,7-8H2,1-2H3,(H,25,27)/t22-/m0/s1. The average molecular weight is 423 g/mol. The van der Waals surface area contributed by atoms with E-state index in [1.165, 1.54) is 17.6 Å². The minimum absolute atomic E-state index is 0.149. The monoisotopic (exact) mass is 422 g/mol. The number of anilines is 1. The van der Waals surface area contributed by atoms with E-state index in [1.54, 1.807) is 17.0 Å². The number of carbonyl (C=O) groups excluding carboxylic acids is 2. The molecule has 0 radical (unpaired) electrons. The Morgan fingerprint density at radius 3 is 2.57 bits per heavy atom. The summed E-state index contributed by atoms with van der Waals surface area (Å²) in [5.41, 5.74) is 2.75. The van der Waals surface area contributed by atoms with Crippen LogP contribution in [0.5, 0.6) is 0 Å². The number of hydrogen-bond donors (Lipinski definition) is 1. The predicted molar refractivity (Wildman–Crippen MR) is 119 cm³/mol. The van der Waals surface area contributed by atoms with Crippen LogP contribution in [0.2, 0.25) is 0 Å². The average Bonchev–Trinajstić information content (AvgIpc) is 3.49. The van der Waals surface area contributed by atoms with Gasteiger partial charge < -0.3 is 9.73 Å². The van der Waals surface area contributed by atoms with Crippen LogP contribution in [0, 0.1) is 13.8 Å². The second kappa shape index (κ2) is 8.88. The number of thiophene rings is 1. The van der Waals surface area contributed by atoms with Gasteiger partial charge in [-0.1, -0.05) is 36.6 Å². The smallest absolute Gasteiger partial charge is 0.295 e. The van der Waals surface area contributed by atoms with Gasteiger partial charge in [0.05, 0.1) is 6.26 Å². The molecule has 1 atom stereocenters. The van der Waals surface area contributed by atoms with Crippen LogP contribution in [0.25, 0.3) is 0 Å². The number of benzene rings is 1. The highest BCUT2D eigenvalue weighted by Crippen LogP contribution is 2.35. The number of furan rings is 1. The first-order valence-corrected chi connectivity index (χ1v) is 11.2. The van der Waals surface area contributed by atoms with Crippen LogP contribution in [0.3, 0.4) is 0 Å². The Morgan fingerprint density at radius 1 is 1.13 bits per heavy atom. The molecule has 2 amide bonds. The van der Waals surface area contributed by atoms with Crippen LogP contribution < -0.4 is 10.2 Å². The van der Waals surface area contributed by atoms with Crippen LogP contribution in [-0.2, 0) is 4.79 Å². The van der Waals surface area contributed by atoms with Crippen molar-refractivity contribution in [2.75, 3.05) is 4.90 Å². The number of carbonyl (C=O) groups is 2. The van der Waals surface area contributed by atoms with Crippen molar-refractivity contribution in [3.8, 4) is 0 Å². The van der Waals surface area contributed by atoms with E-state index < -0.39 is 6.04 Å². The largest absolute Gasteiger partial charge is 0.459 e. The SMILES string of the molecule is Cc1ccc(N(C(=O)c2ccco2)[C@H](C(=O)NC2CCCC2)c2cccs2)c(C)c1. The van der Waals surface area contributed by atoms with E-state index in [1.807, 2.05) is 49.6 Å². The number of amides is 2. The van der Waals surface area contributed by atoms with E-state index in [0.717, 1.165) is 41.7 Å². The fourth-order valence-corrected chi connectivity index (χ4v) is 4.94. The fraction of sp³-hybridized carbons (Fsp3) is 0.333. The lowest BCUT2D eigenvalue weighted by Crippen LogP contribution is -2.46. The Bertz CT molecular complexity index is 1010. The molecule has 2 heterocycles. The molecule has 6 heteroatoms. The second-order valence-corrected chi connectivity index (χ2v) is 8.83. The number of rotatable bonds is 6. The third kappa shape index (κ3) is 4.19. The van der Waals surface area contributed by atoms with Crippen molar-refractivity contribution in [1.82, 2.24) is 5.32 Å². The molecule has 30 heavy (non-hydrogen) atoms. The number of nitrogens with one attached hydrogen (secondary N) is 1. The maximum Gasteiger partial charge on any atom is 0.295 e. The van der Waals surface area contributed by atoms with Gasteiger partial charge in [-0.3, -0.25) is 14.5 Å². The van der Waals surface area contributed by atoms with Gasteiger partial charge in [-0.15, -0.1) is 11.3 Å². The molecule has 1 aliphatic carbocycles. The molecule has 156 valence electrons. The first-order chi connectivity index (χ1) is 14.5. The molecule has 0 saturated heterocycles. The maximum absolute atomic E-state index is 13.6. The molecule has 1 fully saturated rings. The quantitative estimate of drug-likeness (QED) is 0.578. The summed E-state index contributed by atoms with van der Waals surface area (Å²) in [7, 11) is 0. The normalized spacial score (nSPS) is 15.1. The summed E-state index contributed by atoms with van der Waals surface area (Å²) in [6.45, 7) is 3.98. The van der Waals surface area contributed by atoms with Gasteiger partial charge in [0.25, 0.3) is 5.91 Å². The van der Waals surface area contributed by atoms with Crippen LogP contribution in [0.1, 0.15) is 58.3 Å². The van der Waals surface area contributed by atoms with Crippen molar-refractivity contribution < 1.29 is 14.0 Å². The van der Waals surface area contributed by atoms with Crippen molar-refractivity contribution in [3.05, 3.63) is 75.9 Å². The second-order valence-electron chi connectivity index (χ2n) is 7.85. The Balaban J connectivity index is 1.80. The van der Waals surface area contributed by atoms with Crippen LogP contribution in [0.15, 0.2) is 58.5 Å². The molecule has 0 bridgehead atoms. The molecule has 5 nitrogen and oxygen atoms in total. The van der Waals surface area contributed by atoms with Gasteiger partial charge in [0.2, 0.25) is 5.91 Å². The Labute approximate surface area is 180 Å². The third-order valence-corrected chi connectivity index (χ3v) is 6.51. The molecule has 0 unspecified atom stereocenters. The highest BCUT2D eigenvalue weighted by Gasteiger charge is 2.36. The van der Waals surface area contributed by atoms with E-state index in [2.05, 4.69) is 5.32 Å². The summed E-state index contributed by atoms with van der Waals surface area (Å²) < 4.78 is 5.42. The van der Waals surface area contributed by atoms with Gasteiger partial charge in [-0.25, -0.2) is 0 Å². The van der Waals surface area contributed by atoms with Crippen molar-refractivity contribution >= 4 is 28.8 Å². The number of hydrogen-bond acceptors (Lipinski definition) is 4. The van der Waals surface area contributed by atoms with Gasteiger partial charge in [-0.05, 0) is 61.9 Å². The molecule has 3 aromatic rings. The summed E-state index contributed by atoms with van der Waals surface area (Å²) in [4.78, 5) is 29.5. The summed E-state index contributed by atoms with van der Waals surface area (Å²) in [5, 5.41) is 5.12. The van der Waals surface area contributed by atoms with Crippen LogP contribution in [0.4, 0.5) is 5.69 Å². The van der Waals surface area contributed by atoms with Crippen molar-refractivity contribution in [2.45, 2.75) is 51.6 Å².